The summed E-state index contributed by atoms with van der Waals surface area (Å²) in [6, 6.07) is 5.59. The van der Waals surface area contributed by atoms with E-state index in [1.165, 1.54) is 24.3 Å². The first kappa shape index (κ1) is 15.2. The summed E-state index contributed by atoms with van der Waals surface area (Å²) in [5, 5.41) is 0.771. The largest absolute Gasteiger partial charge is 0.573 e. The Bertz CT molecular complexity index is 475. The monoisotopic (exact) mass is 351 g/mol. The zero-order chi connectivity index (χ0) is 14.8. The average molecular weight is 352 g/mol. The van der Waals surface area contributed by atoms with Crippen molar-refractivity contribution in [1.29, 1.82) is 0 Å². The Labute approximate surface area is 122 Å². The van der Waals surface area contributed by atoms with Gasteiger partial charge in [-0.25, -0.2) is 0 Å². The topological polar surface area (TPSA) is 29.5 Å². The van der Waals surface area contributed by atoms with Crippen LogP contribution >= 0.6 is 15.9 Å². The van der Waals surface area contributed by atoms with Gasteiger partial charge in [0, 0.05) is 24.8 Å². The predicted octanol–water partition coefficient (Wildman–Crippen LogP) is 3.33. The Morgan fingerprint density at radius 3 is 2.45 bits per heavy atom. The lowest BCUT2D eigenvalue weighted by molar-refractivity contribution is -0.274. The van der Waals surface area contributed by atoms with Gasteiger partial charge >= 0.3 is 6.36 Å². The van der Waals surface area contributed by atoms with Gasteiger partial charge in [0.15, 0.2) is 0 Å². The van der Waals surface area contributed by atoms with E-state index in [2.05, 4.69) is 20.7 Å². The lowest BCUT2D eigenvalue weighted by atomic mass is 10.2. The van der Waals surface area contributed by atoms with Gasteiger partial charge in [0.05, 0.1) is 0 Å². The highest BCUT2D eigenvalue weighted by molar-refractivity contribution is 9.09. The van der Waals surface area contributed by atoms with Crippen LogP contribution in [0.5, 0.6) is 5.75 Å². The zero-order valence-electron chi connectivity index (χ0n) is 10.5. The molecule has 1 fully saturated rings. The molecular formula is C13H13BrF3NO2. The van der Waals surface area contributed by atoms with Gasteiger partial charge in [-0.2, -0.15) is 0 Å². The maximum atomic E-state index is 12.0. The summed E-state index contributed by atoms with van der Waals surface area (Å²) in [6.07, 6.45) is -4.17. The fraction of sp³-hybridized carbons (Fsp3) is 0.462. The van der Waals surface area contributed by atoms with E-state index in [9.17, 15) is 18.0 Å². The molecule has 0 bridgehead atoms. The van der Waals surface area contributed by atoms with E-state index in [0.29, 0.717) is 25.4 Å². The molecular weight excluding hydrogens is 339 g/mol. The average Bonchev–Trinajstić information content (AvgIpc) is 2.71. The number of benzene rings is 1. The van der Waals surface area contributed by atoms with Crippen LogP contribution in [0.25, 0.3) is 0 Å². The lowest BCUT2D eigenvalue weighted by Crippen LogP contribution is -2.24. The third-order valence-corrected chi connectivity index (χ3v) is 3.96. The number of likely N-dealkylation sites (tertiary alicyclic amines) is 1. The molecule has 1 aliphatic heterocycles. The molecule has 0 saturated carbocycles. The van der Waals surface area contributed by atoms with Gasteiger partial charge in [-0.15, -0.1) is 13.2 Å². The van der Waals surface area contributed by atoms with Crippen LogP contribution in [0.4, 0.5) is 13.2 Å². The van der Waals surface area contributed by atoms with Crippen molar-refractivity contribution in [2.45, 2.75) is 19.3 Å². The maximum absolute atomic E-state index is 12.0. The standard InChI is InChI=1S/C13H13BrF3NO2/c14-6-10-5-12(19)18(8-10)7-9-1-3-11(4-2-9)20-13(15,16)17/h1-4,10H,5-8H2. The van der Waals surface area contributed by atoms with Gasteiger partial charge in [0.1, 0.15) is 5.75 Å². The summed E-state index contributed by atoms with van der Waals surface area (Å²) in [5.74, 6) is 0.118. The zero-order valence-corrected chi connectivity index (χ0v) is 12.1. The molecule has 1 heterocycles. The maximum Gasteiger partial charge on any atom is 0.573 e. The molecule has 1 aliphatic rings. The van der Waals surface area contributed by atoms with Gasteiger partial charge in [-0.1, -0.05) is 28.1 Å². The number of halogens is 4. The summed E-state index contributed by atoms with van der Waals surface area (Å²) in [6.45, 7) is 1.08. The number of rotatable bonds is 4. The second kappa shape index (κ2) is 6.03. The summed E-state index contributed by atoms with van der Waals surface area (Å²) in [7, 11) is 0. The van der Waals surface area contributed by atoms with Crippen LogP contribution in [0.2, 0.25) is 0 Å². The van der Waals surface area contributed by atoms with E-state index in [1.807, 2.05) is 0 Å². The minimum atomic E-state index is -4.68. The van der Waals surface area contributed by atoms with E-state index in [4.69, 9.17) is 0 Å². The third-order valence-electron chi connectivity index (χ3n) is 3.04. The molecule has 0 aromatic heterocycles. The molecule has 1 atom stereocenters. The Morgan fingerprint density at radius 2 is 1.95 bits per heavy atom. The highest BCUT2D eigenvalue weighted by Gasteiger charge is 2.31. The first-order chi connectivity index (χ1) is 9.37. The molecule has 20 heavy (non-hydrogen) atoms. The summed E-state index contributed by atoms with van der Waals surface area (Å²) >= 11 is 3.35. The van der Waals surface area contributed by atoms with Crippen LogP contribution in [-0.4, -0.2) is 29.0 Å². The molecule has 0 radical (unpaired) electrons. The fourth-order valence-electron chi connectivity index (χ4n) is 2.13. The van der Waals surface area contributed by atoms with E-state index >= 15 is 0 Å². The number of hydrogen-bond donors (Lipinski definition) is 0. The quantitative estimate of drug-likeness (QED) is 0.778. The van der Waals surface area contributed by atoms with Gasteiger partial charge < -0.3 is 9.64 Å². The minimum Gasteiger partial charge on any atom is -0.406 e. The fourth-order valence-corrected chi connectivity index (χ4v) is 2.56. The summed E-state index contributed by atoms with van der Waals surface area (Å²) < 4.78 is 39.9. The van der Waals surface area contributed by atoms with Crippen molar-refractivity contribution in [3.8, 4) is 5.75 Å². The molecule has 1 unspecified atom stereocenters. The Hall–Kier alpha value is -1.24. The van der Waals surface area contributed by atoms with Gasteiger partial charge in [0.2, 0.25) is 5.91 Å². The number of carbonyl (C=O) groups is 1. The van der Waals surface area contributed by atoms with Crippen molar-refractivity contribution in [3.05, 3.63) is 29.8 Å². The molecule has 110 valence electrons. The number of ether oxygens (including phenoxy) is 1. The second-order valence-electron chi connectivity index (χ2n) is 4.69. The highest BCUT2D eigenvalue weighted by Crippen LogP contribution is 2.25. The molecule has 1 saturated heterocycles. The lowest BCUT2D eigenvalue weighted by Gasteiger charge is -2.16. The molecule has 1 aromatic rings. The Balaban J connectivity index is 1.96. The third kappa shape index (κ3) is 4.13. The summed E-state index contributed by atoms with van der Waals surface area (Å²) in [4.78, 5) is 13.4. The predicted molar refractivity (Wildman–Crippen MR) is 70.4 cm³/mol. The smallest absolute Gasteiger partial charge is 0.406 e. The Kier molecular flexibility index (Phi) is 4.57. The Morgan fingerprint density at radius 1 is 1.30 bits per heavy atom. The molecule has 7 heteroatoms. The van der Waals surface area contributed by atoms with Crippen LogP contribution in [-0.2, 0) is 11.3 Å². The van der Waals surface area contributed by atoms with Crippen LogP contribution in [0.1, 0.15) is 12.0 Å². The normalized spacial score (nSPS) is 19.5. The molecule has 2 rings (SSSR count). The minimum absolute atomic E-state index is 0.0741. The highest BCUT2D eigenvalue weighted by atomic mass is 79.9. The summed E-state index contributed by atoms with van der Waals surface area (Å²) in [5.41, 5.74) is 0.781. The van der Waals surface area contributed by atoms with E-state index < -0.39 is 6.36 Å². The van der Waals surface area contributed by atoms with E-state index in [1.54, 1.807) is 4.90 Å². The van der Waals surface area contributed by atoms with E-state index in [0.717, 1.165) is 10.9 Å². The molecule has 0 N–H and O–H groups in total. The van der Waals surface area contributed by atoms with Crippen LogP contribution < -0.4 is 4.74 Å². The number of alkyl halides is 4. The number of hydrogen-bond acceptors (Lipinski definition) is 2. The molecule has 0 spiro atoms. The second-order valence-corrected chi connectivity index (χ2v) is 5.34. The number of amides is 1. The molecule has 0 aliphatic carbocycles. The SMILES string of the molecule is O=C1CC(CBr)CN1Cc1ccc(OC(F)(F)F)cc1. The van der Waals surface area contributed by atoms with Crippen molar-refractivity contribution in [2.75, 3.05) is 11.9 Å². The van der Waals surface area contributed by atoms with Crippen molar-refractivity contribution >= 4 is 21.8 Å². The first-order valence-corrected chi connectivity index (χ1v) is 7.18. The number of carbonyl (C=O) groups excluding carboxylic acids is 1. The first-order valence-electron chi connectivity index (χ1n) is 6.06. The molecule has 1 aromatic carbocycles. The molecule has 1 amide bonds. The van der Waals surface area contributed by atoms with Crippen molar-refractivity contribution in [2.24, 2.45) is 5.92 Å². The van der Waals surface area contributed by atoms with Crippen molar-refractivity contribution in [1.82, 2.24) is 4.90 Å². The van der Waals surface area contributed by atoms with Crippen LogP contribution in [0.3, 0.4) is 0 Å². The van der Waals surface area contributed by atoms with Crippen LogP contribution in [0.15, 0.2) is 24.3 Å². The van der Waals surface area contributed by atoms with Gasteiger partial charge in [-0.05, 0) is 23.6 Å². The van der Waals surface area contributed by atoms with Crippen molar-refractivity contribution in [3.63, 3.8) is 0 Å². The van der Waals surface area contributed by atoms with Crippen molar-refractivity contribution < 1.29 is 22.7 Å². The number of nitrogens with zero attached hydrogens (tertiary/aromatic N) is 1. The van der Waals surface area contributed by atoms with Gasteiger partial charge in [0.25, 0.3) is 0 Å². The van der Waals surface area contributed by atoms with E-state index in [-0.39, 0.29) is 11.7 Å². The van der Waals surface area contributed by atoms with Crippen LogP contribution in [0, 0.1) is 5.92 Å². The van der Waals surface area contributed by atoms with Gasteiger partial charge in [-0.3, -0.25) is 4.79 Å². The molecule has 3 nitrogen and oxygen atoms in total.